The van der Waals surface area contributed by atoms with Crippen LogP contribution in [0.4, 0.5) is 10.2 Å². The van der Waals surface area contributed by atoms with Gasteiger partial charge in [0.05, 0.1) is 0 Å². The van der Waals surface area contributed by atoms with Gasteiger partial charge in [0.15, 0.2) is 11.5 Å². The Labute approximate surface area is 144 Å². The van der Waals surface area contributed by atoms with Crippen molar-refractivity contribution >= 4 is 17.4 Å². The maximum absolute atomic E-state index is 13.2. The lowest BCUT2D eigenvalue weighted by Crippen LogP contribution is -2.26. The molecule has 2 N–H and O–H groups in total. The molecular weight excluding hydrogens is 323 g/mol. The molecule has 7 nitrogen and oxygen atoms in total. The fourth-order valence-corrected chi connectivity index (χ4v) is 2.36. The zero-order valence-corrected chi connectivity index (χ0v) is 13.9. The Morgan fingerprint density at radius 2 is 2.08 bits per heavy atom. The van der Waals surface area contributed by atoms with Crippen molar-refractivity contribution in [1.29, 1.82) is 0 Å². The molecule has 0 saturated heterocycles. The Bertz CT molecular complexity index is 878. The molecule has 0 aliphatic rings. The molecule has 2 heterocycles. The van der Waals surface area contributed by atoms with Crippen LogP contribution in [0.25, 0.3) is 5.65 Å². The summed E-state index contributed by atoms with van der Waals surface area (Å²) in [6, 6.07) is 9.27. The van der Waals surface area contributed by atoms with Crippen LogP contribution < -0.4 is 10.6 Å². The summed E-state index contributed by atoms with van der Waals surface area (Å²) in [7, 11) is 0. The minimum absolute atomic E-state index is 0.287. The van der Waals surface area contributed by atoms with E-state index < -0.39 is 5.82 Å². The third-order valence-electron chi connectivity index (χ3n) is 3.60. The highest BCUT2D eigenvalue weighted by Crippen LogP contribution is 2.08. The number of benzene rings is 1. The number of carbonyl (C=O) groups is 1. The van der Waals surface area contributed by atoms with Crippen LogP contribution in [0.5, 0.6) is 0 Å². The second-order valence-corrected chi connectivity index (χ2v) is 5.55. The summed E-state index contributed by atoms with van der Waals surface area (Å²) in [6.07, 6.45) is 1.47. The van der Waals surface area contributed by atoms with E-state index in [-0.39, 0.29) is 11.5 Å². The van der Waals surface area contributed by atoms with Crippen LogP contribution in [0.1, 0.15) is 29.5 Å². The normalized spacial score (nSPS) is 10.8. The molecule has 2 aromatic heterocycles. The standard InChI is InChI=1S/C17H19FN6O/c1-2-9-19-14-6-7-15-21-22-16(24(15)23-14)8-10-20-17(25)12-4-3-5-13(18)11-12/h3-7,11H,2,8-10H2,1H3,(H,19,23)(H,20,25). The highest BCUT2D eigenvalue weighted by molar-refractivity contribution is 5.94. The topological polar surface area (TPSA) is 84.2 Å². The van der Waals surface area contributed by atoms with Crippen molar-refractivity contribution in [1.82, 2.24) is 25.1 Å². The molecule has 0 unspecified atom stereocenters. The lowest BCUT2D eigenvalue weighted by molar-refractivity contribution is 0.0953. The first-order valence-corrected chi connectivity index (χ1v) is 8.16. The van der Waals surface area contributed by atoms with Crippen molar-refractivity contribution in [3.05, 3.63) is 53.6 Å². The highest BCUT2D eigenvalue weighted by atomic mass is 19.1. The van der Waals surface area contributed by atoms with Crippen LogP contribution in [-0.2, 0) is 6.42 Å². The quantitative estimate of drug-likeness (QED) is 0.687. The van der Waals surface area contributed by atoms with E-state index in [9.17, 15) is 9.18 Å². The zero-order valence-electron chi connectivity index (χ0n) is 13.9. The lowest BCUT2D eigenvalue weighted by Gasteiger charge is -2.06. The minimum atomic E-state index is -0.438. The van der Waals surface area contributed by atoms with Gasteiger partial charge >= 0.3 is 0 Å². The fraction of sp³-hybridized carbons (Fsp3) is 0.294. The summed E-state index contributed by atoms with van der Waals surface area (Å²) in [4.78, 5) is 12.0. The third kappa shape index (κ3) is 4.09. The van der Waals surface area contributed by atoms with Crippen molar-refractivity contribution in [2.75, 3.05) is 18.4 Å². The molecule has 0 bridgehead atoms. The van der Waals surface area contributed by atoms with Gasteiger partial charge in [-0.05, 0) is 36.8 Å². The molecule has 1 aromatic carbocycles. The zero-order chi connectivity index (χ0) is 17.6. The maximum Gasteiger partial charge on any atom is 0.251 e. The van der Waals surface area contributed by atoms with Gasteiger partial charge in [0, 0.05) is 25.1 Å². The molecule has 3 aromatic rings. The van der Waals surface area contributed by atoms with Gasteiger partial charge in [-0.3, -0.25) is 4.79 Å². The maximum atomic E-state index is 13.2. The summed E-state index contributed by atoms with van der Waals surface area (Å²) in [5.41, 5.74) is 0.934. The van der Waals surface area contributed by atoms with Crippen LogP contribution in [0.3, 0.4) is 0 Å². The van der Waals surface area contributed by atoms with Crippen LogP contribution in [0.15, 0.2) is 36.4 Å². The van der Waals surface area contributed by atoms with Crippen molar-refractivity contribution in [2.24, 2.45) is 0 Å². The largest absolute Gasteiger partial charge is 0.369 e. The molecular formula is C17H19FN6O. The van der Waals surface area contributed by atoms with Gasteiger partial charge in [0.25, 0.3) is 5.91 Å². The van der Waals surface area contributed by atoms with E-state index in [1.807, 2.05) is 12.1 Å². The number of fused-ring (bicyclic) bond motifs is 1. The number of nitrogens with one attached hydrogen (secondary N) is 2. The summed E-state index contributed by atoms with van der Waals surface area (Å²) >= 11 is 0. The molecule has 0 saturated carbocycles. The van der Waals surface area contributed by atoms with Crippen molar-refractivity contribution in [2.45, 2.75) is 19.8 Å². The van der Waals surface area contributed by atoms with E-state index in [4.69, 9.17) is 0 Å². The molecule has 0 fully saturated rings. The fourth-order valence-electron chi connectivity index (χ4n) is 2.36. The number of amides is 1. The van der Waals surface area contributed by atoms with Crippen molar-refractivity contribution in [3.63, 3.8) is 0 Å². The highest BCUT2D eigenvalue weighted by Gasteiger charge is 2.10. The number of carbonyl (C=O) groups excluding carboxylic acids is 1. The van der Waals surface area contributed by atoms with Crippen molar-refractivity contribution in [3.8, 4) is 0 Å². The van der Waals surface area contributed by atoms with E-state index in [0.29, 0.717) is 24.4 Å². The summed E-state index contributed by atoms with van der Waals surface area (Å²) in [5, 5.41) is 18.6. The van der Waals surface area contributed by atoms with Gasteiger partial charge in [-0.15, -0.1) is 15.3 Å². The van der Waals surface area contributed by atoms with Gasteiger partial charge in [0.1, 0.15) is 11.6 Å². The summed E-state index contributed by atoms with van der Waals surface area (Å²) in [5.74, 6) is 0.632. The van der Waals surface area contributed by atoms with Gasteiger partial charge < -0.3 is 10.6 Å². The molecule has 0 radical (unpaired) electrons. The molecule has 1 amide bonds. The first-order chi connectivity index (χ1) is 12.2. The van der Waals surface area contributed by atoms with Gasteiger partial charge in [-0.1, -0.05) is 13.0 Å². The molecule has 0 aliphatic carbocycles. The third-order valence-corrected chi connectivity index (χ3v) is 3.60. The number of nitrogens with zero attached hydrogens (tertiary/aromatic N) is 4. The van der Waals surface area contributed by atoms with E-state index in [1.54, 1.807) is 10.6 Å². The number of hydrogen-bond acceptors (Lipinski definition) is 5. The van der Waals surface area contributed by atoms with Gasteiger partial charge in [-0.2, -0.15) is 4.52 Å². The predicted octanol–water partition coefficient (Wildman–Crippen LogP) is 2.06. The van der Waals surface area contributed by atoms with Crippen molar-refractivity contribution < 1.29 is 9.18 Å². The Morgan fingerprint density at radius 1 is 1.20 bits per heavy atom. The van der Waals surface area contributed by atoms with Crippen LogP contribution >= 0.6 is 0 Å². The van der Waals surface area contributed by atoms with Gasteiger partial charge in [0.2, 0.25) is 0 Å². The summed E-state index contributed by atoms with van der Waals surface area (Å²) in [6.45, 7) is 3.26. The van der Waals surface area contributed by atoms with Crippen LogP contribution in [0, 0.1) is 5.82 Å². The number of anilines is 1. The Kier molecular flexibility index (Phi) is 5.17. The first-order valence-electron chi connectivity index (χ1n) is 8.16. The lowest BCUT2D eigenvalue weighted by atomic mass is 10.2. The van der Waals surface area contributed by atoms with E-state index in [1.165, 1.54) is 18.2 Å². The van der Waals surface area contributed by atoms with Gasteiger partial charge in [-0.25, -0.2) is 4.39 Å². The Morgan fingerprint density at radius 3 is 2.88 bits per heavy atom. The molecule has 0 atom stereocenters. The van der Waals surface area contributed by atoms with E-state index in [2.05, 4.69) is 32.9 Å². The van der Waals surface area contributed by atoms with E-state index in [0.717, 1.165) is 18.8 Å². The first kappa shape index (κ1) is 16.8. The SMILES string of the molecule is CCCNc1ccc2nnc(CCNC(=O)c3cccc(F)c3)n2n1. The Balaban J connectivity index is 1.63. The van der Waals surface area contributed by atoms with E-state index >= 15 is 0 Å². The smallest absolute Gasteiger partial charge is 0.251 e. The second kappa shape index (κ2) is 7.69. The molecule has 8 heteroatoms. The molecule has 25 heavy (non-hydrogen) atoms. The number of aromatic nitrogens is 4. The monoisotopic (exact) mass is 342 g/mol. The average Bonchev–Trinajstić information content (AvgIpc) is 3.02. The minimum Gasteiger partial charge on any atom is -0.369 e. The van der Waals surface area contributed by atoms with Crippen LogP contribution in [-0.4, -0.2) is 38.8 Å². The second-order valence-electron chi connectivity index (χ2n) is 5.55. The predicted molar refractivity (Wildman–Crippen MR) is 92.0 cm³/mol. The summed E-state index contributed by atoms with van der Waals surface area (Å²) < 4.78 is 14.8. The molecule has 130 valence electrons. The Hall–Kier alpha value is -3.03. The average molecular weight is 342 g/mol. The number of hydrogen-bond donors (Lipinski definition) is 2. The molecule has 0 spiro atoms. The number of halogens is 1. The number of rotatable bonds is 7. The van der Waals surface area contributed by atoms with Crippen LogP contribution in [0.2, 0.25) is 0 Å². The molecule has 3 rings (SSSR count). The molecule has 0 aliphatic heterocycles.